The Morgan fingerprint density at radius 1 is 1.53 bits per heavy atom. The topological polar surface area (TPSA) is 74.5 Å². The van der Waals surface area contributed by atoms with Crippen molar-refractivity contribution in [3.63, 3.8) is 0 Å². The predicted molar refractivity (Wildman–Crippen MR) is 59.1 cm³/mol. The van der Waals surface area contributed by atoms with E-state index in [4.69, 9.17) is 5.26 Å². The van der Waals surface area contributed by atoms with E-state index in [0.29, 0.717) is 10.1 Å². The molecule has 0 amide bonds. The van der Waals surface area contributed by atoms with Gasteiger partial charge in [-0.3, -0.25) is 4.57 Å². The van der Waals surface area contributed by atoms with Crippen LogP contribution < -0.4 is 5.69 Å². The van der Waals surface area contributed by atoms with Crippen LogP contribution in [0.5, 0.6) is 0 Å². The molecule has 2 rings (SSSR count). The third-order valence-corrected chi connectivity index (χ3v) is 3.07. The molecule has 1 aromatic heterocycles. The molecule has 5 nitrogen and oxygen atoms in total. The van der Waals surface area contributed by atoms with Crippen LogP contribution in [0.4, 0.5) is 4.39 Å². The number of nitrogens with zero attached hydrogens (tertiary/aromatic N) is 3. The molecule has 1 aromatic carbocycles. The molecule has 0 spiro atoms. The summed E-state index contributed by atoms with van der Waals surface area (Å²) in [6.45, 7) is 0. The first-order chi connectivity index (χ1) is 8.10. The van der Waals surface area contributed by atoms with Crippen molar-refractivity contribution in [3.05, 3.63) is 40.1 Å². The number of rotatable bonds is 2. The number of hydrogen-bond acceptors (Lipinski definition) is 4. The lowest BCUT2D eigenvalue weighted by Gasteiger charge is -2.00. The van der Waals surface area contributed by atoms with E-state index in [1.807, 2.05) is 6.07 Å². The summed E-state index contributed by atoms with van der Waals surface area (Å²) >= 11 is 1.11. The highest BCUT2D eigenvalue weighted by molar-refractivity contribution is 7.99. The average Bonchev–Trinajstić information content (AvgIpc) is 2.60. The van der Waals surface area contributed by atoms with Gasteiger partial charge in [-0.2, -0.15) is 5.26 Å². The lowest BCUT2D eigenvalue weighted by Crippen LogP contribution is -2.12. The molecule has 0 saturated heterocycles. The molecule has 86 valence electrons. The smallest absolute Gasteiger partial charge is 0.273 e. The predicted octanol–water partition coefficient (Wildman–Crippen LogP) is 1.27. The molecule has 17 heavy (non-hydrogen) atoms. The Morgan fingerprint density at radius 2 is 2.29 bits per heavy atom. The lowest BCUT2D eigenvalue weighted by atomic mass is 10.2. The van der Waals surface area contributed by atoms with E-state index in [2.05, 4.69) is 10.2 Å². The molecule has 0 aliphatic heterocycles. The fourth-order valence-electron chi connectivity index (χ4n) is 1.22. The van der Waals surface area contributed by atoms with Gasteiger partial charge in [0.25, 0.3) is 0 Å². The second kappa shape index (κ2) is 4.43. The third kappa shape index (κ3) is 2.37. The summed E-state index contributed by atoms with van der Waals surface area (Å²) in [6, 6.07) is 5.83. The maximum Gasteiger partial charge on any atom is 0.343 e. The second-order valence-electron chi connectivity index (χ2n) is 3.26. The second-order valence-corrected chi connectivity index (χ2v) is 4.30. The Labute approximate surface area is 99.9 Å². The first kappa shape index (κ1) is 11.4. The van der Waals surface area contributed by atoms with Gasteiger partial charge >= 0.3 is 5.69 Å². The summed E-state index contributed by atoms with van der Waals surface area (Å²) in [5.41, 5.74) is -0.113. The minimum Gasteiger partial charge on any atom is -0.273 e. The zero-order valence-electron chi connectivity index (χ0n) is 8.77. The molecule has 1 heterocycles. The molecule has 0 atom stereocenters. The van der Waals surface area contributed by atoms with E-state index in [-0.39, 0.29) is 11.3 Å². The first-order valence-electron chi connectivity index (χ1n) is 4.60. The molecule has 2 aromatic rings. The SMILES string of the molecule is Cn1c(Sc2cc(F)cc(C#N)c2)n[nH]c1=O. The van der Waals surface area contributed by atoms with Gasteiger partial charge in [0.1, 0.15) is 5.82 Å². The van der Waals surface area contributed by atoms with Crippen molar-refractivity contribution in [2.45, 2.75) is 10.1 Å². The number of aromatic amines is 1. The van der Waals surface area contributed by atoms with Gasteiger partial charge < -0.3 is 0 Å². The summed E-state index contributed by atoms with van der Waals surface area (Å²) in [5, 5.41) is 15.2. The Morgan fingerprint density at radius 3 is 2.88 bits per heavy atom. The van der Waals surface area contributed by atoms with Gasteiger partial charge in [-0.15, -0.1) is 5.10 Å². The molecule has 0 bridgehead atoms. The van der Waals surface area contributed by atoms with Crippen LogP contribution >= 0.6 is 11.8 Å². The molecular formula is C10H7FN4OS. The summed E-state index contributed by atoms with van der Waals surface area (Å²) in [4.78, 5) is 11.6. The monoisotopic (exact) mass is 250 g/mol. The average molecular weight is 250 g/mol. The van der Waals surface area contributed by atoms with E-state index < -0.39 is 5.82 Å². The van der Waals surface area contributed by atoms with Crippen molar-refractivity contribution >= 4 is 11.8 Å². The maximum absolute atomic E-state index is 13.2. The molecule has 7 heteroatoms. The van der Waals surface area contributed by atoms with Gasteiger partial charge in [0, 0.05) is 11.9 Å². The minimum atomic E-state index is -0.493. The fourth-order valence-corrected chi connectivity index (χ4v) is 2.09. The van der Waals surface area contributed by atoms with E-state index in [0.717, 1.165) is 17.8 Å². The molecule has 0 aliphatic rings. The van der Waals surface area contributed by atoms with Gasteiger partial charge in [-0.1, -0.05) is 0 Å². The van der Waals surface area contributed by atoms with Crippen LogP contribution in [0.1, 0.15) is 5.56 Å². The van der Waals surface area contributed by atoms with Crippen molar-refractivity contribution in [2.24, 2.45) is 7.05 Å². The van der Waals surface area contributed by atoms with Crippen LogP contribution in [0, 0.1) is 17.1 Å². The number of benzene rings is 1. The number of nitrogens with one attached hydrogen (secondary N) is 1. The Bertz CT molecular complexity index is 655. The fraction of sp³-hybridized carbons (Fsp3) is 0.100. The van der Waals surface area contributed by atoms with Gasteiger partial charge in [0.15, 0.2) is 5.16 Å². The van der Waals surface area contributed by atoms with Gasteiger partial charge in [0.05, 0.1) is 11.6 Å². The molecule has 0 unspecified atom stereocenters. The van der Waals surface area contributed by atoms with E-state index in [1.165, 1.54) is 16.7 Å². The number of H-pyrrole nitrogens is 1. The lowest BCUT2D eigenvalue weighted by molar-refractivity contribution is 0.623. The highest BCUT2D eigenvalue weighted by atomic mass is 32.2. The molecule has 0 aliphatic carbocycles. The zero-order valence-corrected chi connectivity index (χ0v) is 9.58. The number of hydrogen-bond donors (Lipinski definition) is 1. The van der Waals surface area contributed by atoms with Crippen LogP contribution in [0.15, 0.2) is 33.0 Å². The highest BCUT2D eigenvalue weighted by Gasteiger charge is 2.08. The van der Waals surface area contributed by atoms with Crippen molar-refractivity contribution < 1.29 is 4.39 Å². The van der Waals surface area contributed by atoms with Crippen LogP contribution in [0.3, 0.4) is 0 Å². The third-order valence-electron chi connectivity index (χ3n) is 2.05. The number of nitriles is 1. The summed E-state index contributed by atoms with van der Waals surface area (Å²) in [6.07, 6.45) is 0. The van der Waals surface area contributed by atoms with Crippen LogP contribution in [0.2, 0.25) is 0 Å². The maximum atomic E-state index is 13.2. The standard InChI is InChI=1S/C10H7FN4OS/c1-15-9(16)13-14-10(15)17-8-3-6(5-12)2-7(11)4-8/h2-4H,1H3,(H,13,16). The molecule has 0 fully saturated rings. The molecular weight excluding hydrogens is 243 g/mol. The number of halogens is 1. The van der Waals surface area contributed by atoms with Crippen molar-refractivity contribution in [2.75, 3.05) is 0 Å². The molecule has 0 radical (unpaired) electrons. The van der Waals surface area contributed by atoms with Crippen molar-refractivity contribution in [3.8, 4) is 6.07 Å². The van der Waals surface area contributed by atoms with Crippen molar-refractivity contribution in [1.29, 1.82) is 5.26 Å². The summed E-state index contributed by atoms with van der Waals surface area (Å²) < 4.78 is 14.5. The summed E-state index contributed by atoms with van der Waals surface area (Å²) in [5.74, 6) is -0.493. The summed E-state index contributed by atoms with van der Waals surface area (Å²) in [7, 11) is 1.55. The van der Waals surface area contributed by atoms with Crippen LogP contribution in [-0.4, -0.2) is 14.8 Å². The van der Waals surface area contributed by atoms with Crippen molar-refractivity contribution in [1.82, 2.24) is 14.8 Å². The van der Waals surface area contributed by atoms with Crippen LogP contribution in [0.25, 0.3) is 0 Å². The van der Waals surface area contributed by atoms with E-state index >= 15 is 0 Å². The van der Waals surface area contributed by atoms with E-state index in [9.17, 15) is 9.18 Å². The number of aromatic nitrogens is 3. The van der Waals surface area contributed by atoms with E-state index in [1.54, 1.807) is 7.05 Å². The van der Waals surface area contributed by atoms with Crippen LogP contribution in [-0.2, 0) is 7.05 Å². The Kier molecular flexibility index (Phi) is 2.97. The highest BCUT2D eigenvalue weighted by Crippen LogP contribution is 2.26. The largest absolute Gasteiger partial charge is 0.343 e. The Hall–Kier alpha value is -2.07. The molecule has 0 saturated carbocycles. The molecule has 1 N–H and O–H groups in total. The Balaban J connectivity index is 2.37. The van der Waals surface area contributed by atoms with Gasteiger partial charge in [-0.05, 0) is 30.0 Å². The van der Waals surface area contributed by atoms with Gasteiger partial charge in [-0.25, -0.2) is 14.3 Å². The quantitative estimate of drug-likeness (QED) is 0.871. The first-order valence-corrected chi connectivity index (χ1v) is 5.42. The normalized spacial score (nSPS) is 10.2. The zero-order chi connectivity index (χ0) is 12.4. The minimum absolute atomic E-state index is 0.230. The van der Waals surface area contributed by atoms with Gasteiger partial charge in [0.2, 0.25) is 0 Å².